The number of ether oxygens (including phenoxy) is 2. The molecule has 2 aromatic carbocycles. The van der Waals surface area contributed by atoms with Gasteiger partial charge in [0.1, 0.15) is 24.4 Å². The molecule has 0 bridgehead atoms. The normalized spacial score (nSPS) is 9.83. The minimum absolute atomic E-state index is 0.370. The van der Waals surface area contributed by atoms with Gasteiger partial charge in [-0.25, -0.2) is 0 Å². The third kappa shape index (κ3) is 2.88. The monoisotopic (exact) mass is 242 g/mol. The van der Waals surface area contributed by atoms with E-state index in [-0.39, 0.29) is 0 Å². The first kappa shape index (κ1) is 12.2. The fraction of sp³-hybridized carbons (Fsp3) is 0.133. The number of hydrogen-bond acceptors (Lipinski definition) is 3. The van der Waals surface area contributed by atoms with Gasteiger partial charge in [-0.1, -0.05) is 18.2 Å². The first-order chi connectivity index (χ1) is 8.83. The van der Waals surface area contributed by atoms with Gasteiger partial charge >= 0.3 is 0 Å². The van der Waals surface area contributed by atoms with Crippen LogP contribution in [0.2, 0.25) is 0 Å². The highest BCUT2D eigenvalue weighted by Gasteiger charge is 2.05. The van der Waals surface area contributed by atoms with Crippen molar-refractivity contribution >= 4 is 6.29 Å². The molecule has 0 atom stereocenters. The molecule has 0 radical (unpaired) electrons. The second-order valence-corrected chi connectivity index (χ2v) is 3.79. The molecule has 0 amide bonds. The highest BCUT2D eigenvalue weighted by molar-refractivity contribution is 5.75. The Bertz CT molecular complexity index is 521. The van der Waals surface area contributed by atoms with E-state index in [0.29, 0.717) is 12.2 Å². The lowest BCUT2D eigenvalue weighted by Crippen LogP contribution is -1.99. The van der Waals surface area contributed by atoms with Crippen LogP contribution in [0.5, 0.6) is 11.5 Å². The largest absolute Gasteiger partial charge is 0.496 e. The SMILES string of the molecule is COc1ccc(C=O)cc1COc1ccccc1. The second-order valence-electron chi connectivity index (χ2n) is 3.79. The lowest BCUT2D eigenvalue weighted by molar-refractivity contribution is 0.112. The average Bonchev–Trinajstić information content (AvgIpc) is 2.45. The summed E-state index contributed by atoms with van der Waals surface area (Å²) in [5.41, 5.74) is 1.47. The highest BCUT2D eigenvalue weighted by Crippen LogP contribution is 2.21. The van der Waals surface area contributed by atoms with Crippen LogP contribution in [0.25, 0.3) is 0 Å². The molecule has 0 spiro atoms. The Balaban J connectivity index is 2.15. The van der Waals surface area contributed by atoms with Crippen molar-refractivity contribution in [3.05, 3.63) is 59.7 Å². The fourth-order valence-electron chi connectivity index (χ4n) is 1.66. The third-order valence-electron chi connectivity index (χ3n) is 2.58. The van der Waals surface area contributed by atoms with E-state index in [2.05, 4.69) is 0 Å². The molecular weight excluding hydrogens is 228 g/mol. The minimum Gasteiger partial charge on any atom is -0.496 e. The second kappa shape index (κ2) is 5.87. The first-order valence-corrected chi connectivity index (χ1v) is 5.63. The van der Waals surface area contributed by atoms with Crippen LogP contribution in [-0.4, -0.2) is 13.4 Å². The van der Waals surface area contributed by atoms with Gasteiger partial charge < -0.3 is 9.47 Å². The molecule has 0 aliphatic heterocycles. The van der Waals surface area contributed by atoms with Crippen LogP contribution in [0.4, 0.5) is 0 Å². The van der Waals surface area contributed by atoms with E-state index < -0.39 is 0 Å². The molecule has 0 aromatic heterocycles. The Hall–Kier alpha value is -2.29. The summed E-state index contributed by atoms with van der Waals surface area (Å²) in [5, 5.41) is 0. The van der Waals surface area contributed by atoms with Gasteiger partial charge in [0.25, 0.3) is 0 Å². The maximum atomic E-state index is 10.8. The molecule has 0 saturated carbocycles. The molecule has 92 valence electrons. The summed E-state index contributed by atoms with van der Waals surface area (Å²) in [7, 11) is 1.60. The van der Waals surface area contributed by atoms with E-state index in [9.17, 15) is 4.79 Å². The molecule has 2 rings (SSSR count). The summed E-state index contributed by atoms with van der Waals surface area (Å²) in [5.74, 6) is 1.51. The molecule has 0 unspecified atom stereocenters. The molecule has 0 saturated heterocycles. The molecule has 3 nitrogen and oxygen atoms in total. The van der Waals surface area contributed by atoms with Crippen LogP contribution in [-0.2, 0) is 6.61 Å². The van der Waals surface area contributed by atoms with Crippen LogP contribution in [0.3, 0.4) is 0 Å². The Morgan fingerprint density at radius 3 is 2.56 bits per heavy atom. The lowest BCUT2D eigenvalue weighted by atomic mass is 10.1. The van der Waals surface area contributed by atoms with Gasteiger partial charge in [-0.3, -0.25) is 4.79 Å². The van der Waals surface area contributed by atoms with Crippen molar-refractivity contribution in [2.45, 2.75) is 6.61 Å². The van der Waals surface area contributed by atoms with Crippen LogP contribution >= 0.6 is 0 Å². The minimum atomic E-state index is 0.370. The summed E-state index contributed by atoms with van der Waals surface area (Å²) >= 11 is 0. The zero-order valence-electron chi connectivity index (χ0n) is 10.1. The van der Waals surface area contributed by atoms with Crippen LogP contribution in [0, 0.1) is 0 Å². The molecule has 0 N–H and O–H groups in total. The summed E-state index contributed by atoms with van der Waals surface area (Å²) in [6.45, 7) is 0.370. The number of para-hydroxylation sites is 1. The van der Waals surface area contributed by atoms with Crippen molar-refractivity contribution in [2.75, 3.05) is 7.11 Å². The Morgan fingerprint density at radius 1 is 1.11 bits per heavy atom. The van der Waals surface area contributed by atoms with Gasteiger partial charge in [-0.2, -0.15) is 0 Å². The quantitative estimate of drug-likeness (QED) is 0.756. The summed E-state index contributed by atoms with van der Waals surface area (Å²) in [6.07, 6.45) is 0.811. The maximum absolute atomic E-state index is 10.8. The molecule has 0 fully saturated rings. The predicted molar refractivity (Wildman–Crippen MR) is 69.2 cm³/mol. The van der Waals surface area contributed by atoms with Crippen molar-refractivity contribution in [3.63, 3.8) is 0 Å². The third-order valence-corrected chi connectivity index (χ3v) is 2.58. The van der Waals surface area contributed by atoms with E-state index in [1.165, 1.54) is 0 Å². The fourth-order valence-corrected chi connectivity index (χ4v) is 1.66. The summed E-state index contributed by atoms with van der Waals surface area (Å²) in [6, 6.07) is 14.8. The van der Waals surface area contributed by atoms with Crippen molar-refractivity contribution < 1.29 is 14.3 Å². The van der Waals surface area contributed by atoms with Gasteiger partial charge in [0.15, 0.2) is 0 Å². The van der Waals surface area contributed by atoms with Gasteiger partial charge in [0.05, 0.1) is 7.11 Å². The number of rotatable bonds is 5. The number of carbonyl (C=O) groups is 1. The standard InChI is InChI=1S/C15H14O3/c1-17-15-8-7-12(10-16)9-13(15)11-18-14-5-3-2-4-6-14/h2-10H,11H2,1H3. The zero-order valence-corrected chi connectivity index (χ0v) is 10.1. The number of benzene rings is 2. The van der Waals surface area contributed by atoms with Crippen molar-refractivity contribution in [1.29, 1.82) is 0 Å². The number of aldehydes is 1. The van der Waals surface area contributed by atoms with Crippen molar-refractivity contribution in [2.24, 2.45) is 0 Å². The number of carbonyl (C=O) groups excluding carboxylic acids is 1. The van der Waals surface area contributed by atoms with E-state index in [1.54, 1.807) is 25.3 Å². The Morgan fingerprint density at radius 2 is 1.89 bits per heavy atom. The van der Waals surface area contributed by atoms with Crippen LogP contribution < -0.4 is 9.47 Å². The molecule has 18 heavy (non-hydrogen) atoms. The molecule has 0 aliphatic carbocycles. The highest BCUT2D eigenvalue weighted by atomic mass is 16.5. The molecule has 0 aliphatic rings. The molecule has 0 heterocycles. The van der Waals surface area contributed by atoms with Gasteiger partial charge in [-0.05, 0) is 30.3 Å². The van der Waals surface area contributed by atoms with Crippen LogP contribution in [0.1, 0.15) is 15.9 Å². The Kier molecular flexibility index (Phi) is 3.97. The first-order valence-electron chi connectivity index (χ1n) is 5.63. The smallest absolute Gasteiger partial charge is 0.150 e. The van der Waals surface area contributed by atoms with Crippen molar-refractivity contribution in [1.82, 2.24) is 0 Å². The molecule has 2 aromatic rings. The number of hydrogen-bond donors (Lipinski definition) is 0. The van der Waals surface area contributed by atoms with Crippen molar-refractivity contribution in [3.8, 4) is 11.5 Å². The zero-order chi connectivity index (χ0) is 12.8. The van der Waals surface area contributed by atoms with E-state index in [4.69, 9.17) is 9.47 Å². The number of methoxy groups -OCH3 is 1. The lowest BCUT2D eigenvalue weighted by Gasteiger charge is -2.10. The Labute approximate surface area is 106 Å². The molecular formula is C15H14O3. The van der Waals surface area contributed by atoms with Gasteiger partial charge in [-0.15, -0.1) is 0 Å². The van der Waals surface area contributed by atoms with E-state index in [1.807, 2.05) is 30.3 Å². The average molecular weight is 242 g/mol. The van der Waals surface area contributed by atoms with E-state index in [0.717, 1.165) is 23.3 Å². The summed E-state index contributed by atoms with van der Waals surface area (Å²) in [4.78, 5) is 10.8. The van der Waals surface area contributed by atoms with Gasteiger partial charge in [0.2, 0.25) is 0 Å². The van der Waals surface area contributed by atoms with Crippen LogP contribution in [0.15, 0.2) is 48.5 Å². The summed E-state index contributed by atoms with van der Waals surface area (Å²) < 4.78 is 10.9. The topological polar surface area (TPSA) is 35.5 Å². The molecule has 3 heteroatoms. The van der Waals surface area contributed by atoms with E-state index >= 15 is 0 Å². The maximum Gasteiger partial charge on any atom is 0.150 e. The van der Waals surface area contributed by atoms with Gasteiger partial charge in [0, 0.05) is 11.1 Å². The predicted octanol–water partition coefficient (Wildman–Crippen LogP) is 3.09.